The molecule has 0 saturated carbocycles. The lowest BCUT2D eigenvalue weighted by molar-refractivity contribution is 0.484. The lowest BCUT2D eigenvalue weighted by Crippen LogP contribution is -2.00. The minimum Gasteiger partial charge on any atom is -0.457 e. The van der Waals surface area contributed by atoms with Crippen molar-refractivity contribution in [3.05, 3.63) is 151 Å². The number of nitrogens with zero attached hydrogens (tertiary/aromatic N) is 5. The molecule has 0 spiro atoms. The highest BCUT2D eigenvalue weighted by atomic mass is 16.5. The van der Waals surface area contributed by atoms with Gasteiger partial charge in [-0.2, -0.15) is 0 Å². The van der Waals surface area contributed by atoms with Gasteiger partial charge in [-0.1, -0.05) is 82.3 Å². The number of para-hydroxylation sites is 4. The minimum atomic E-state index is 0.401. The highest BCUT2D eigenvalue weighted by Gasteiger charge is 2.20. The van der Waals surface area contributed by atoms with Crippen molar-refractivity contribution in [1.29, 1.82) is 0 Å². The Hall–Kier alpha value is -6.79. The van der Waals surface area contributed by atoms with Crippen LogP contribution in [0, 0.1) is 0 Å². The first-order valence-corrected chi connectivity index (χ1v) is 19.1. The number of hydrogen-bond acceptors (Lipinski definition) is 4. The summed E-state index contributed by atoms with van der Waals surface area (Å²) in [6.07, 6.45) is 3.77. The monoisotopic (exact) mass is 711 g/mol. The fraction of sp³-hybridized carbons (Fsp3) is 0.122. The molecule has 6 nitrogen and oxygen atoms in total. The molecule has 0 amide bonds. The maximum Gasteiger partial charge on any atom is 0.146 e. The van der Waals surface area contributed by atoms with Crippen LogP contribution in [0.5, 0.6) is 11.5 Å². The largest absolute Gasteiger partial charge is 0.457 e. The van der Waals surface area contributed by atoms with Crippen molar-refractivity contribution in [1.82, 2.24) is 23.8 Å². The SMILES string of the molecule is CC(C)c1cccc(C(C)C)c1-c1ccc2c3ccc(Oc4ccc5c6ccncc6n6c7ccccc7nc6c5c4)cc3c3nc4ccccc4n3c2c1. The number of benzene rings is 6. The Morgan fingerprint density at radius 1 is 0.473 bits per heavy atom. The average Bonchev–Trinajstić information content (AvgIpc) is 3.81. The Morgan fingerprint density at radius 3 is 1.62 bits per heavy atom. The Labute approximate surface area is 317 Å². The molecule has 55 heavy (non-hydrogen) atoms. The first-order valence-electron chi connectivity index (χ1n) is 19.1. The summed E-state index contributed by atoms with van der Waals surface area (Å²) >= 11 is 0. The van der Waals surface area contributed by atoms with Gasteiger partial charge >= 0.3 is 0 Å². The zero-order valence-corrected chi connectivity index (χ0v) is 31.1. The zero-order valence-electron chi connectivity index (χ0n) is 31.1. The third-order valence-electron chi connectivity index (χ3n) is 11.3. The number of aromatic nitrogens is 5. The predicted molar refractivity (Wildman–Crippen MR) is 227 cm³/mol. The maximum atomic E-state index is 6.73. The van der Waals surface area contributed by atoms with Crippen LogP contribution in [0.3, 0.4) is 0 Å². The summed E-state index contributed by atoms with van der Waals surface area (Å²) < 4.78 is 11.3. The molecule has 5 heterocycles. The molecule has 11 aromatic rings. The molecule has 0 aliphatic rings. The fourth-order valence-corrected chi connectivity index (χ4v) is 8.83. The van der Waals surface area contributed by atoms with E-state index in [1.165, 1.54) is 27.6 Å². The van der Waals surface area contributed by atoms with Gasteiger partial charge < -0.3 is 4.74 Å². The van der Waals surface area contributed by atoms with Crippen LogP contribution in [0.25, 0.3) is 87.8 Å². The van der Waals surface area contributed by atoms with Crippen LogP contribution in [-0.2, 0) is 0 Å². The van der Waals surface area contributed by atoms with Gasteiger partial charge in [0.05, 0.1) is 39.3 Å². The molecule has 0 atom stereocenters. The van der Waals surface area contributed by atoms with Crippen LogP contribution in [0.1, 0.15) is 50.7 Å². The maximum absolute atomic E-state index is 6.73. The van der Waals surface area contributed by atoms with Gasteiger partial charge in [-0.25, -0.2) is 9.97 Å². The second kappa shape index (κ2) is 11.9. The molecule has 0 radical (unpaired) electrons. The molecule has 6 aromatic carbocycles. The molecule has 6 heteroatoms. The molecule has 264 valence electrons. The van der Waals surface area contributed by atoms with Crippen molar-refractivity contribution in [2.24, 2.45) is 0 Å². The first kappa shape index (κ1) is 31.7. The normalized spacial score (nSPS) is 12.3. The van der Waals surface area contributed by atoms with Gasteiger partial charge in [0, 0.05) is 27.7 Å². The van der Waals surface area contributed by atoms with Crippen molar-refractivity contribution < 1.29 is 4.74 Å². The summed E-state index contributed by atoms with van der Waals surface area (Å²) in [7, 11) is 0. The van der Waals surface area contributed by atoms with E-state index in [0.29, 0.717) is 11.8 Å². The quantitative estimate of drug-likeness (QED) is 0.167. The van der Waals surface area contributed by atoms with Crippen molar-refractivity contribution in [3.8, 4) is 22.6 Å². The van der Waals surface area contributed by atoms with Crippen LogP contribution in [0.4, 0.5) is 0 Å². The van der Waals surface area contributed by atoms with Crippen molar-refractivity contribution in [3.63, 3.8) is 0 Å². The van der Waals surface area contributed by atoms with Crippen LogP contribution < -0.4 is 4.74 Å². The Morgan fingerprint density at radius 2 is 1.02 bits per heavy atom. The first-order chi connectivity index (χ1) is 26.9. The van der Waals surface area contributed by atoms with E-state index in [-0.39, 0.29) is 0 Å². The van der Waals surface area contributed by atoms with Gasteiger partial charge in [-0.15, -0.1) is 0 Å². The Balaban J connectivity index is 1.11. The molecular formula is C49H37N5O. The summed E-state index contributed by atoms with van der Waals surface area (Å²) in [5.41, 5.74) is 13.3. The van der Waals surface area contributed by atoms with Crippen molar-refractivity contribution in [2.75, 3.05) is 0 Å². The van der Waals surface area contributed by atoms with Gasteiger partial charge in [0.15, 0.2) is 0 Å². The number of pyridine rings is 3. The number of hydrogen-bond donors (Lipinski definition) is 0. The molecule has 0 unspecified atom stereocenters. The van der Waals surface area contributed by atoms with Crippen LogP contribution in [-0.4, -0.2) is 23.8 Å². The lowest BCUT2D eigenvalue weighted by atomic mass is 9.84. The molecule has 11 rings (SSSR count). The summed E-state index contributed by atoms with van der Waals surface area (Å²) in [6, 6.07) is 45.2. The van der Waals surface area contributed by atoms with Crippen LogP contribution in [0.15, 0.2) is 140 Å². The van der Waals surface area contributed by atoms with Gasteiger partial charge in [-0.3, -0.25) is 13.8 Å². The molecule has 0 saturated heterocycles. The van der Waals surface area contributed by atoms with E-state index in [2.05, 4.69) is 157 Å². The van der Waals surface area contributed by atoms with Crippen LogP contribution in [0.2, 0.25) is 0 Å². The number of fused-ring (bicyclic) bond motifs is 16. The molecule has 0 aliphatic heterocycles. The Bertz CT molecular complexity index is 3340. The fourth-order valence-electron chi connectivity index (χ4n) is 8.83. The van der Waals surface area contributed by atoms with E-state index in [4.69, 9.17) is 14.7 Å². The summed E-state index contributed by atoms with van der Waals surface area (Å²) in [5.74, 6) is 2.30. The number of ether oxygens (including phenoxy) is 1. The van der Waals surface area contributed by atoms with Gasteiger partial charge in [-0.05, 0) is 118 Å². The second-order valence-electron chi connectivity index (χ2n) is 15.3. The molecule has 0 N–H and O–H groups in total. The van der Waals surface area contributed by atoms with Gasteiger partial charge in [0.25, 0.3) is 0 Å². The van der Waals surface area contributed by atoms with E-state index >= 15 is 0 Å². The van der Waals surface area contributed by atoms with Gasteiger partial charge in [0.1, 0.15) is 22.8 Å². The molecule has 0 fully saturated rings. The van der Waals surface area contributed by atoms with E-state index < -0.39 is 0 Å². The molecule has 0 aliphatic carbocycles. The highest BCUT2D eigenvalue weighted by molar-refractivity contribution is 6.16. The lowest BCUT2D eigenvalue weighted by Gasteiger charge is -2.21. The second-order valence-corrected chi connectivity index (χ2v) is 15.3. The van der Waals surface area contributed by atoms with E-state index in [1.807, 2.05) is 24.5 Å². The predicted octanol–water partition coefficient (Wildman–Crippen LogP) is 13.0. The summed E-state index contributed by atoms with van der Waals surface area (Å²) in [6.45, 7) is 9.15. The van der Waals surface area contributed by atoms with Crippen molar-refractivity contribution in [2.45, 2.75) is 39.5 Å². The van der Waals surface area contributed by atoms with E-state index in [9.17, 15) is 0 Å². The molecule has 0 bridgehead atoms. The molecule has 5 aromatic heterocycles. The van der Waals surface area contributed by atoms with Gasteiger partial charge in [0.2, 0.25) is 0 Å². The van der Waals surface area contributed by atoms with Crippen LogP contribution >= 0.6 is 0 Å². The van der Waals surface area contributed by atoms with E-state index in [0.717, 1.165) is 82.8 Å². The highest BCUT2D eigenvalue weighted by Crippen LogP contribution is 2.41. The summed E-state index contributed by atoms with van der Waals surface area (Å²) in [5, 5.41) is 6.61. The third kappa shape index (κ3) is 4.70. The Kier molecular flexibility index (Phi) is 6.84. The topological polar surface area (TPSA) is 56.7 Å². The third-order valence-corrected chi connectivity index (χ3v) is 11.3. The molecular weight excluding hydrogens is 675 g/mol. The summed E-state index contributed by atoms with van der Waals surface area (Å²) in [4.78, 5) is 14.8. The van der Waals surface area contributed by atoms with E-state index in [1.54, 1.807) is 0 Å². The smallest absolute Gasteiger partial charge is 0.146 e. The zero-order chi connectivity index (χ0) is 36.9. The minimum absolute atomic E-state index is 0.401. The number of rotatable bonds is 5. The average molecular weight is 712 g/mol. The standard InChI is InChI=1S/C49H37N5O/c1-28(2)33-10-9-11-34(29(3)4)47(33)30-16-19-37-35-20-17-31(25-39(35)48-51-41-12-5-7-14-43(41)53(48)45(37)24-30)55-32-18-21-36-38-22-23-50-27-46(38)54-44-15-8-6-13-42(44)52-49(54)40(36)26-32/h5-29H,1-4H3. The van der Waals surface area contributed by atoms with Crippen molar-refractivity contribution >= 4 is 76.7 Å². The number of imidazole rings is 2.